The molecule has 0 saturated heterocycles. The van der Waals surface area contributed by atoms with Gasteiger partial charge in [-0.2, -0.15) is 0 Å². The Morgan fingerprint density at radius 3 is 3.04 bits per heavy atom. The Morgan fingerprint density at radius 2 is 2.25 bits per heavy atom. The second-order valence-electron chi connectivity index (χ2n) is 5.87. The summed E-state index contributed by atoms with van der Waals surface area (Å²) in [5, 5.41) is 1.38. The van der Waals surface area contributed by atoms with Crippen molar-refractivity contribution < 1.29 is 4.39 Å². The lowest BCUT2D eigenvalue weighted by Gasteiger charge is -2.24. The maximum atomic E-state index is 14.8. The topological polar surface area (TPSA) is 31.9 Å². The van der Waals surface area contributed by atoms with Crippen molar-refractivity contribution in [3.8, 4) is 0 Å². The molecule has 5 heteroatoms. The van der Waals surface area contributed by atoms with E-state index < -0.39 is 5.82 Å². The van der Waals surface area contributed by atoms with Gasteiger partial charge in [-0.05, 0) is 43.0 Å². The molecule has 0 bridgehead atoms. The Bertz CT molecular complexity index is 946. The van der Waals surface area contributed by atoms with Gasteiger partial charge in [-0.25, -0.2) is 4.39 Å². The predicted octanol–water partition coefficient (Wildman–Crippen LogP) is 3.00. The number of halogens is 1. The molecule has 1 aliphatic heterocycles. The van der Waals surface area contributed by atoms with E-state index in [-0.39, 0.29) is 4.64 Å². The first-order valence-electron chi connectivity index (χ1n) is 8.02. The molecule has 2 aromatic rings. The van der Waals surface area contributed by atoms with Crippen LogP contribution in [0.5, 0.6) is 0 Å². The molecule has 0 atom stereocenters. The molecular formula is C19H20FN3S. The standard InChI is InChI=1S/C19H20FN3S/c1-3-4-7-16-13(2)18(17(20)19(24)22-16)23-10-5-6-14-11-21-9-8-15(14)12-23/h3-4,7-9,11H,2,5-6,10,12H2,1H3,(H,22,24)/b4-3-,16-7+. The van der Waals surface area contributed by atoms with Crippen LogP contribution in [0.15, 0.2) is 30.6 Å². The molecule has 0 amide bonds. The summed E-state index contributed by atoms with van der Waals surface area (Å²) in [5.41, 5.74) is 2.91. The number of H-pyrrole nitrogens is 1. The summed E-state index contributed by atoms with van der Waals surface area (Å²) in [4.78, 5) is 9.16. The molecule has 0 saturated carbocycles. The number of anilines is 1. The van der Waals surface area contributed by atoms with Crippen LogP contribution < -0.4 is 15.5 Å². The van der Waals surface area contributed by atoms with Crippen LogP contribution in [0.2, 0.25) is 0 Å². The molecule has 0 aliphatic carbocycles. The fourth-order valence-electron chi connectivity index (χ4n) is 3.06. The van der Waals surface area contributed by atoms with Crippen LogP contribution in [0.4, 0.5) is 10.1 Å². The summed E-state index contributed by atoms with van der Waals surface area (Å²) in [7, 11) is 0. The number of aromatic nitrogens is 2. The van der Waals surface area contributed by atoms with Crippen molar-refractivity contribution in [2.24, 2.45) is 0 Å². The molecule has 1 N–H and O–H groups in total. The number of hydrogen-bond acceptors (Lipinski definition) is 3. The minimum absolute atomic E-state index is 0.118. The van der Waals surface area contributed by atoms with E-state index in [9.17, 15) is 4.39 Å². The monoisotopic (exact) mass is 341 g/mol. The summed E-state index contributed by atoms with van der Waals surface area (Å²) in [6.45, 7) is 7.43. The number of aromatic amines is 1. The predicted molar refractivity (Wildman–Crippen MR) is 99.2 cm³/mol. The van der Waals surface area contributed by atoms with Crippen molar-refractivity contribution in [2.75, 3.05) is 11.4 Å². The Hall–Kier alpha value is -2.27. The first kappa shape index (κ1) is 16.6. The highest BCUT2D eigenvalue weighted by Crippen LogP contribution is 2.22. The number of nitrogens with zero attached hydrogens (tertiary/aromatic N) is 2. The van der Waals surface area contributed by atoms with Crippen LogP contribution in [0.1, 0.15) is 24.5 Å². The number of pyridine rings is 2. The highest BCUT2D eigenvalue weighted by atomic mass is 32.1. The van der Waals surface area contributed by atoms with Crippen LogP contribution in [0.25, 0.3) is 12.7 Å². The van der Waals surface area contributed by atoms with Gasteiger partial charge in [0.25, 0.3) is 0 Å². The summed E-state index contributed by atoms with van der Waals surface area (Å²) in [6, 6.07) is 2.00. The summed E-state index contributed by atoms with van der Waals surface area (Å²) in [5.74, 6) is -0.398. The molecule has 24 heavy (non-hydrogen) atoms. The zero-order chi connectivity index (χ0) is 17.1. The number of allylic oxidation sites excluding steroid dienone is 2. The zero-order valence-electron chi connectivity index (χ0n) is 13.7. The van der Waals surface area contributed by atoms with E-state index in [1.807, 2.05) is 42.3 Å². The van der Waals surface area contributed by atoms with Crippen molar-refractivity contribution in [2.45, 2.75) is 26.3 Å². The third-order valence-electron chi connectivity index (χ3n) is 4.28. The van der Waals surface area contributed by atoms with E-state index in [0.717, 1.165) is 24.7 Å². The minimum Gasteiger partial charge on any atom is -0.364 e. The minimum atomic E-state index is -0.398. The molecule has 0 spiro atoms. The van der Waals surface area contributed by atoms with Gasteiger partial charge < -0.3 is 9.88 Å². The van der Waals surface area contributed by atoms with Crippen molar-refractivity contribution in [1.82, 2.24) is 9.97 Å². The van der Waals surface area contributed by atoms with Crippen molar-refractivity contribution >= 4 is 30.6 Å². The number of rotatable bonds is 2. The van der Waals surface area contributed by atoms with Crippen molar-refractivity contribution in [1.29, 1.82) is 0 Å². The molecule has 2 aromatic heterocycles. The van der Waals surface area contributed by atoms with E-state index in [4.69, 9.17) is 12.2 Å². The van der Waals surface area contributed by atoms with E-state index in [1.54, 1.807) is 6.20 Å². The average Bonchev–Trinajstić information content (AvgIpc) is 2.79. The lowest BCUT2D eigenvalue weighted by molar-refractivity contribution is 0.601. The largest absolute Gasteiger partial charge is 0.364 e. The number of aryl methyl sites for hydroxylation is 1. The first-order valence-corrected chi connectivity index (χ1v) is 8.43. The normalized spacial score (nSPS) is 15.6. The Morgan fingerprint density at radius 1 is 1.42 bits per heavy atom. The third kappa shape index (κ3) is 3.17. The molecule has 124 valence electrons. The molecule has 0 radical (unpaired) electrons. The maximum absolute atomic E-state index is 14.8. The Balaban J connectivity index is 2.14. The zero-order valence-corrected chi connectivity index (χ0v) is 14.5. The smallest absolute Gasteiger partial charge is 0.181 e. The highest BCUT2D eigenvalue weighted by molar-refractivity contribution is 7.71. The van der Waals surface area contributed by atoms with Gasteiger partial charge in [-0.3, -0.25) is 4.98 Å². The molecular weight excluding hydrogens is 321 g/mol. The van der Waals surface area contributed by atoms with E-state index in [2.05, 4.69) is 16.5 Å². The van der Waals surface area contributed by atoms with Crippen molar-refractivity contribution in [3.05, 3.63) is 62.8 Å². The van der Waals surface area contributed by atoms with Crippen molar-refractivity contribution in [3.63, 3.8) is 0 Å². The first-order chi connectivity index (χ1) is 11.6. The van der Waals surface area contributed by atoms with Crippen LogP contribution in [-0.4, -0.2) is 16.5 Å². The van der Waals surface area contributed by atoms with E-state index in [0.29, 0.717) is 17.5 Å². The SMILES string of the molecule is C=c1c(N2CCCc3cnccc3C2)c(F)c(=S)[nH]/c1=C/C=C\C. The molecule has 0 fully saturated rings. The van der Waals surface area contributed by atoms with Gasteiger partial charge in [0, 0.05) is 36.1 Å². The van der Waals surface area contributed by atoms with E-state index in [1.165, 1.54) is 11.1 Å². The fourth-order valence-corrected chi connectivity index (χ4v) is 3.26. The van der Waals surface area contributed by atoms with Crippen LogP contribution in [-0.2, 0) is 13.0 Å². The fraction of sp³-hybridized carbons (Fsp3) is 0.263. The van der Waals surface area contributed by atoms with Gasteiger partial charge in [0.2, 0.25) is 0 Å². The van der Waals surface area contributed by atoms with E-state index >= 15 is 0 Å². The summed E-state index contributed by atoms with van der Waals surface area (Å²) in [6.07, 6.45) is 11.3. The molecule has 0 unspecified atom stereocenters. The van der Waals surface area contributed by atoms with Gasteiger partial charge in [0.15, 0.2) is 5.82 Å². The van der Waals surface area contributed by atoms with Crippen LogP contribution in [0, 0.1) is 10.5 Å². The Labute approximate surface area is 145 Å². The van der Waals surface area contributed by atoms with Gasteiger partial charge >= 0.3 is 0 Å². The van der Waals surface area contributed by atoms with Gasteiger partial charge in [-0.15, -0.1) is 0 Å². The second-order valence-corrected chi connectivity index (χ2v) is 6.28. The number of hydrogen-bond donors (Lipinski definition) is 1. The maximum Gasteiger partial charge on any atom is 0.181 e. The van der Waals surface area contributed by atoms with Crippen LogP contribution in [0.3, 0.4) is 0 Å². The Kier molecular flexibility index (Phi) is 4.90. The quantitative estimate of drug-likeness (QED) is 0.852. The van der Waals surface area contributed by atoms with Gasteiger partial charge in [-0.1, -0.05) is 30.9 Å². The molecule has 3 rings (SSSR count). The lowest BCUT2D eigenvalue weighted by Crippen LogP contribution is -2.37. The molecule has 3 nitrogen and oxygen atoms in total. The van der Waals surface area contributed by atoms with Gasteiger partial charge in [0.1, 0.15) is 4.64 Å². The average molecular weight is 341 g/mol. The highest BCUT2D eigenvalue weighted by Gasteiger charge is 2.19. The van der Waals surface area contributed by atoms with Crippen LogP contribution >= 0.6 is 12.2 Å². The van der Waals surface area contributed by atoms with Gasteiger partial charge in [0.05, 0.1) is 5.69 Å². The molecule has 0 aromatic carbocycles. The molecule has 1 aliphatic rings. The summed E-state index contributed by atoms with van der Waals surface area (Å²) >= 11 is 5.18. The third-order valence-corrected chi connectivity index (χ3v) is 4.56. The lowest BCUT2D eigenvalue weighted by atomic mass is 10.1. The number of nitrogens with one attached hydrogen (secondary N) is 1. The number of fused-ring (bicyclic) bond motifs is 1. The molecule has 3 heterocycles. The second kappa shape index (κ2) is 7.09. The summed E-state index contributed by atoms with van der Waals surface area (Å²) < 4.78 is 14.9.